The fourth-order valence-corrected chi connectivity index (χ4v) is 2.80. The van der Waals surface area contributed by atoms with Crippen molar-refractivity contribution in [1.82, 2.24) is 5.32 Å². The molecule has 0 saturated heterocycles. The van der Waals surface area contributed by atoms with Gasteiger partial charge in [-0.2, -0.15) is 0 Å². The Morgan fingerprint density at radius 1 is 1.35 bits per heavy atom. The summed E-state index contributed by atoms with van der Waals surface area (Å²) in [6.07, 6.45) is 2.42. The van der Waals surface area contributed by atoms with E-state index in [1.54, 1.807) is 6.07 Å². The number of nitrogens with two attached hydrogens (primary N) is 1. The van der Waals surface area contributed by atoms with Gasteiger partial charge in [-0.1, -0.05) is 18.7 Å². The largest absolute Gasteiger partial charge is 0.397 e. The Bertz CT molecular complexity index is 719. The predicted octanol–water partition coefficient (Wildman–Crippen LogP) is 1.22. The van der Waals surface area contributed by atoms with Crippen molar-refractivity contribution in [3.05, 3.63) is 47.2 Å². The van der Waals surface area contributed by atoms with Crippen molar-refractivity contribution in [3.8, 4) is 0 Å². The minimum absolute atomic E-state index is 0.112. The summed E-state index contributed by atoms with van der Waals surface area (Å²) in [5.41, 5.74) is 9.07. The van der Waals surface area contributed by atoms with Crippen LogP contribution in [-0.4, -0.2) is 37.7 Å². The van der Waals surface area contributed by atoms with Crippen molar-refractivity contribution in [2.75, 3.05) is 14.1 Å². The molecule has 1 aliphatic rings. The molecule has 0 fully saturated rings. The lowest BCUT2D eigenvalue weighted by Gasteiger charge is -2.16. The molecule has 0 bridgehead atoms. The number of aldehydes is 1. The molecule has 0 unspecified atom stereocenters. The fraction of sp³-hybridized carbons (Fsp3) is 0.294. The Balaban J connectivity index is 2.20. The van der Waals surface area contributed by atoms with E-state index in [0.717, 1.165) is 30.3 Å². The van der Waals surface area contributed by atoms with E-state index >= 15 is 0 Å². The maximum absolute atomic E-state index is 12.5. The highest BCUT2D eigenvalue weighted by molar-refractivity contribution is 6.69. The highest BCUT2D eigenvalue weighted by Gasteiger charge is 2.27. The molecule has 3 N–H and O–H groups in total. The van der Waals surface area contributed by atoms with Gasteiger partial charge >= 0.3 is 0 Å². The molecule has 0 radical (unpaired) electrons. The standard InChI is InChI=1S/C17H20N4O2/c1-10(18)15(19-2)16(20-3)17(23)21-14-7-5-12-8-11(9-22)4-6-13(12)14/h4,6,8-9,14H,1,5,7,18H2,2-3H3,(H,21,23)/t14-/m0/s1. The minimum Gasteiger partial charge on any atom is -0.397 e. The van der Waals surface area contributed by atoms with Gasteiger partial charge < -0.3 is 11.1 Å². The van der Waals surface area contributed by atoms with E-state index in [-0.39, 0.29) is 23.4 Å². The van der Waals surface area contributed by atoms with E-state index in [9.17, 15) is 9.59 Å². The molecule has 0 saturated carbocycles. The SMILES string of the molecule is C=C(N)C(=NC)C(=NC)C(=O)N[C@H]1CCc2cc(C=O)ccc21. The quantitative estimate of drug-likeness (QED) is 0.632. The number of aryl methyl sites for hydroxylation is 1. The molecule has 6 heteroatoms. The molecular weight excluding hydrogens is 292 g/mol. The molecule has 2 rings (SSSR count). The molecule has 1 atom stereocenters. The molecule has 1 aliphatic carbocycles. The van der Waals surface area contributed by atoms with E-state index in [4.69, 9.17) is 5.73 Å². The van der Waals surface area contributed by atoms with Gasteiger partial charge in [0.05, 0.1) is 11.7 Å². The fourth-order valence-electron chi connectivity index (χ4n) is 2.80. The molecule has 0 heterocycles. The first-order valence-corrected chi connectivity index (χ1v) is 7.29. The molecule has 0 spiro atoms. The maximum Gasteiger partial charge on any atom is 0.272 e. The van der Waals surface area contributed by atoms with Crippen molar-refractivity contribution >= 4 is 23.6 Å². The van der Waals surface area contributed by atoms with E-state index in [1.807, 2.05) is 12.1 Å². The van der Waals surface area contributed by atoms with Crippen LogP contribution in [-0.2, 0) is 11.2 Å². The van der Waals surface area contributed by atoms with Gasteiger partial charge in [0, 0.05) is 19.7 Å². The lowest BCUT2D eigenvalue weighted by Crippen LogP contribution is -2.39. The molecule has 120 valence electrons. The van der Waals surface area contributed by atoms with Crippen LogP contribution in [0.3, 0.4) is 0 Å². The maximum atomic E-state index is 12.5. The van der Waals surface area contributed by atoms with Crippen LogP contribution in [0.4, 0.5) is 0 Å². The molecule has 0 aliphatic heterocycles. The van der Waals surface area contributed by atoms with Gasteiger partial charge in [0.15, 0.2) is 0 Å². The van der Waals surface area contributed by atoms with Crippen molar-refractivity contribution in [2.45, 2.75) is 18.9 Å². The zero-order chi connectivity index (χ0) is 17.0. The normalized spacial score (nSPS) is 17.6. The van der Waals surface area contributed by atoms with Gasteiger partial charge in [-0.25, -0.2) is 0 Å². The predicted molar refractivity (Wildman–Crippen MR) is 91.1 cm³/mol. The average molecular weight is 312 g/mol. The molecule has 23 heavy (non-hydrogen) atoms. The van der Waals surface area contributed by atoms with Gasteiger partial charge in [-0.15, -0.1) is 0 Å². The summed E-state index contributed by atoms with van der Waals surface area (Å²) in [6, 6.07) is 5.39. The molecule has 6 nitrogen and oxygen atoms in total. The topological polar surface area (TPSA) is 96.9 Å². The van der Waals surface area contributed by atoms with Crippen molar-refractivity contribution < 1.29 is 9.59 Å². The first-order chi connectivity index (χ1) is 11.0. The average Bonchev–Trinajstić information content (AvgIpc) is 2.93. The number of rotatable bonds is 5. The van der Waals surface area contributed by atoms with E-state index < -0.39 is 0 Å². The lowest BCUT2D eigenvalue weighted by molar-refractivity contribution is -0.115. The Morgan fingerprint density at radius 3 is 2.61 bits per heavy atom. The van der Waals surface area contributed by atoms with Crippen LogP contribution in [0.25, 0.3) is 0 Å². The number of carbonyl (C=O) groups excluding carboxylic acids is 2. The Morgan fingerprint density at radius 2 is 2.04 bits per heavy atom. The highest BCUT2D eigenvalue weighted by Crippen LogP contribution is 2.31. The number of fused-ring (bicyclic) bond motifs is 1. The lowest BCUT2D eigenvalue weighted by atomic mass is 10.0. The van der Waals surface area contributed by atoms with E-state index in [0.29, 0.717) is 11.3 Å². The summed E-state index contributed by atoms with van der Waals surface area (Å²) in [5, 5.41) is 2.96. The van der Waals surface area contributed by atoms with Crippen LogP contribution in [0, 0.1) is 0 Å². The number of hydrogen-bond acceptors (Lipinski definition) is 5. The number of benzene rings is 1. The monoisotopic (exact) mass is 312 g/mol. The molecule has 1 amide bonds. The number of nitrogens with one attached hydrogen (secondary N) is 1. The molecule has 1 aromatic carbocycles. The second-order valence-electron chi connectivity index (χ2n) is 5.31. The van der Waals surface area contributed by atoms with Crippen LogP contribution < -0.4 is 11.1 Å². The van der Waals surface area contributed by atoms with Crippen molar-refractivity contribution in [1.29, 1.82) is 0 Å². The van der Waals surface area contributed by atoms with Crippen LogP contribution in [0.5, 0.6) is 0 Å². The number of carbonyl (C=O) groups is 2. The first kappa shape index (κ1) is 16.6. The first-order valence-electron chi connectivity index (χ1n) is 7.29. The summed E-state index contributed by atoms with van der Waals surface area (Å²) in [5.74, 6) is -0.336. The Hall–Kier alpha value is -2.76. The van der Waals surface area contributed by atoms with Crippen LogP contribution in [0.2, 0.25) is 0 Å². The zero-order valence-electron chi connectivity index (χ0n) is 13.3. The van der Waals surface area contributed by atoms with E-state index in [1.165, 1.54) is 14.1 Å². The van der Waals surface area contributed by atoms with Gasteiger partial charge in [0.1, 0.15) is 17.7 Å². The third-order valence-corrected chi connectivity index (χ3v) is 3.88. The number of allylic oxidation sites excluding steroid dienone is 1. The summed E-state index contributed by atoms with van der Waals surface area (Å²) in [4.78, 5) is 31.3. The minimum atomic E-state index is -0.336. The molecular formula is C17H20N4O2. The second kappa shape index (κ2) is 7.00. The van der Waals surface area contributed by atoms with E-state index in [2.05, 4.69) is 21.9 Å². The van der Waals surface area contributed by atoms with Gasteiger partial charge in [0.2, 0.25) is 0 Å². The summed E-state index contributed by atoms with van der Waals surface area (Å²) >= 11 is 0. The van der Waals surface area contributed by atoms with Crippen LogP contribution in [0.1, 0.15) is 33.9 Å². The highest BCUT2D eigenvalue weighted by atomic mass is 16.2. The van der Waals surface area contributed by atoms with Crippen LogP contribution >= 0.6 is 0 Å². The smallest absolute Gasteiger partial charge is 0.272 e. The van der Waals surface area contributed by atoms with Gasteiger partial charge in [-0.3, -0.25) is 19.6 Å². The third-order valence-electron chi connectivity index (χ3n) is 3.88. The van der Waals surface area contributed by atoms with Crippen LogP contribution in [0.15, 0.2) is 40.5 Å². The number of aliphatic imine (C=N–C) groups is 2. The molecule has 1 aromatic rings. The van der Waals surface area contributed by atoms with Gasteiger partial charge in [-0.05, 0) is 30.0 Å². The summed E-state index contributed by atoms with van der Waals surface area (Å²) < 4.78 is 0. The molecule has 0 aromatic heterocycles. The number of amides is 1. The Kier molecular flexibility index (Phi) is 5.05. The number of hydrogen-bond donors (Lipinski definition) is 2. The number of nitrogens with zero attached hydrogens (tertiary/aromatic N) is 2. The van der Waals surface area contributed by atoms with Crippen molar-refractivity contribution in [2.24, 2.45) is 15.7 Å². The summed E-state index contributed by atoms with van der Waals surface area (Å²) in [7, 11) is 3.06. The third kappa shape index (κ3) is 3.36. The van der Waals surface area contributed by atoms with Gasteiger partial charge in [0.25, 0.3) is 5.91 Å². The Labute approximate surface area is 135 Å². The zero-order valence-corrected chi connectivity index (χ0v) is 13.3. The second-order valence-corrected chi connectivity index (χ2v) is 5.31. The van der Waals surface area contributed by atoms with Crippen molar-refractivity contribution in [3.63, 3.8) is 0 Å². The summed E-state index contributed by atoms with van der Waals surface area (Å²) in [6.45, 7) is 3.62.